The van der Waals surface area contributed by atoms with E-state index < -0.39 is 5.41 Å². The molecule has 2 aromatic rings. The summed E-state index contributed by atoms with van der Waals surface area (Å²) in [7, 11) is 0. The monoisotopic (exact) mass is 355 g/mol. The van der Waals surface area contributed by atoms with Crippen molar-refractivity contribution in [2.45, 2.75) is 43.7 Å². The van der Waals surface area contributed by atoms with Crippen LogP contribution in [0.2, 0.25) is 0 Å². The minimum Gasteiger partial charge on any atom is -0.381 e. The van der Waals surface area contributed by atoms with E-state index in [-0.39, 0.29) is 12.0 Å². The predicted octanol–water partition coefficient (Wildman–Crippen LogP) is 2.75. The Kier molecular flexibility index (Phi) is 5.04. The number of hydrogen-bond acceptors (Lipinski definition) is 4. The highest BCUT2D eigenvalue weighted by Gasteiger charge is 2.41. The Morgan fingerprint density at radius 3 is 2.77 bits per heavy atom. The molecule has 2 fully saturated rings. The van der Waals surface area contributed by atoms with E-state index in [9.17, 15) is 4.79 Å². The van der Waals surface area contributed by atoms with Crippen molar-refractivity contribution in [1.82, 2.24) is 9.78 Å². The number of carbonyl (C=O) groups excluding carboxylic acids is 1. The van der Waals surface area contributed by atoms with Crippen molar-refractivity contribution >= 4 is 11.6 Å². The highest BCUT2D eigenvalue weighted by Crippen LogP contribution is 2.36. The quantitative estimate of drug-likeness (QED) is 0.896. The van der Waals surface area contributed by atoms with Gasteiger partial charge in [-0.25, -0.2) is 0 Å². The van der Waals surface area contributed by atoms with Gasteiger partial charge in [-0.05, 0) is 31.2 Å². The van der Waals surface area contributed by atoms with Crippen LogP contribution in [0, 0.1) is 0 Å². The number of benzene rings is 1. The number of ether oxygens (including phenoxy) is 2. The average Bonchev–Trinajstić information content (AvgIpc) is 3.35. The van der Waals surface area contributed by atoms with Crippen LogP contribution < -0.4 is 5.32 Å². The molecule has 1 atom stereocenters. The standard InChI is InChI=1S/C20H25N3O3/c24-19(20(8-11-25-12-9-20)16-5-2-1-3-6-16)22-17-13-21-23(14-17)15-18-7-4-10-26-18/h1-3,5-6,13-14,18H,4,7-12,15H2,(H,22,24)/t18-/m1/s1. The van der Waals surface area contributed by atoms with Crippen molar-refractivity contribution in [3.8, 4) is 0 Å². The maximum atomic E-state index is 13.2. The zero-order valence-electron chi connectivity index (χ0n) is 14.9. The molecule has 2 aliphatic heterocycles. The van der Waals surface area contributed by atoms with Gasteiger partial charge in [0.25, 0.3) is 0 Å². The van der Waals surface area contributed by atoms with Crippen molar-refractivity contribution in [2.24, 2.45) is 0 Å². The Bertz CT molecular complexity index is 732. The molecular weight excluding hydrogens is 330 g/mol. The van der Waals surface area contributed by atoms with Crippen LogP contribution in [0.3, 0.4) is 0 Å². The lowest BCUT2D eigenvalue weighted by atomic mass is 9.73. The first-order valence-electron chi connectivity index (χ1n) is 9.35. The number of anilines is 1. The second-order valence-corrected chi connectivity index (χ2v) is 7.10. The maximum Gasteiger partial charge on any atom is 0.235 e. The third kappa shape index (κ3) is 3.52. The molecule has 1 aromatic heterocycles. The molecule has 4 rings (SSSR count). The van der Waals surface area contributed by atoms with Crippen molar-refractivity contribution in [3.05, 3.63) is 48.3 Å². The lowest BCUT2D eigenvalue weighted by molar-refractivity contribution is -0.125. The fourth-order valence-electron chi connectivity index (χ4n) is 3.90. The van der Waals surface area contributed by atoms with E-state index in [1.54, 1.807) is 6.20 Å². The molecule has 6 nitrogen and oxygen atoms in total. The summed E-state index contributed by atoms with van der Waals surface area (Å²) in [6, 6.07) is 10.0. The van der Waals surface area contributed by atoms with Gasteiger partial charge in [0.1, 0.15) is 0 Å². The summed E-state index contributed by atoms with van der Waals surface area (Å²) in [4.78, 5) is 13.2. The summed E-state index contributed by atoms with van der Waals surface area (Å²) in [5.41, 5.74) is 1.23. The van der Waals surface area contributed by atoms with Gasteiger partial charge in [-0.3, -0.25) is 9.48 Å². The van der Waals surface area contributed by atoms with Crippen LogP contribution in [0.4, 0.5) is 5.69 Å². The lowest BCUT2D eigenvalue weighted by Crippen LogP contribution is -2.44. The van der Waals surface area contributed by atoms with Gasteiger partial charge in [-0.2, -0.15) is 5.10 Å². The SMILES string of the molecule is O=C(Nc1cnn(C[C@H]2CCCO2)c1)C1(c2ccccc2)CCOCC1. The molecule has 0 saturated carbocycles. The van der Waals surface area contributed by atoms with E-state index in [0.717, 1.165) is 37.2 Å². The molecule has 2 aliphatic rings. The van der Waals surface area contributed by atoms with Gasteiger partial charge in [0.15, 0.2) is 0 Å². The van der Waals surface area contributed by atoms with E-state index in [0.29, 0.717) is 26.1 Å². The molecule has 2 saturated heterocycles. The largest absolute Gasteiger partial charge is 0.381 e. The third-order valence-corrected chi connectivity index (χ3v) is 5.41. The molecule has 1 amide bonds. The van der Waals surface area contributed by atoms with Crippen molar-refractivity contribution in [1.29, 1.82) is 0 Å². The number of carbonyl (C=O) groups is 1. The minimum atomic E-state index is -0.545. The number of nitrogens with one attached hydrogen (secondary N) is 1. The van der Waals surface area contributed by atoms with Gasteiger partial charge in [0, 0.05) is 26.0 Å². The van der Waals surface area contributed by atoms with Crippen LogP contribution in [0.1, 0.15) is 31.2 Å². The molecule has 0 bridgehead atoms. The smallest absolute Gasteiger partial charge is 0.235 e. The van der Waals surface area contributed by atoms with Gasteiger partial charge in [0.05, 0.1) is 29.9 Å². The molecule has 1 aromatic carbocycles. The summed E-state index contributed by atoms with van der Waals surface area (Å²) in [6.45, 7) is 2.76. The minimum absolute atomic E-state index is 0.0173. The Morgan fingerprint density at radius 2 is 2.04 bits per heavy atom. The fourth-order valence-corrected chi connectivity index (χ4v) is 3.90. The normalized spacial score (nSPS) is 22.2. The van der Waals surface area contributed by atoms with E-state index in [1.165, 1.54) is 0 Å². The van der Waals surface area contributed by atoms with E-state index in [4.69, 9.17) is 9.47 Å². The summed E-state index contributed by atoms with van der Waals surface area (Å²) in [5.74, 6) is 0.0173. The zero-order valence-corrected chi connectivity index (χ0v) is 14.9. The first-order valence-corrected chi connectivity index (χ1v) is 9.35. The Morgan fingerprint density at radius 1 is 1.23 bits per heavy atom. The van der Waals surface area contributed by atoms with Gasteiger partial charge in [-0.15, -0.1) is 0 Å². The fraction of sp³-hybridized carbons (Fsp3) is 0.500. The molecule has 0 unspecified atom stereocenters. The second kappa shape index (κ2) is 7.60. The Hall–Kier alpha value is -2.18. The zero-order chi connectivity index (χ0) is 17.8. The van der Waals surface area contributed by atoms with E-state index in [2.05, 4.69) is 10.4 Å². The average molecular weight is 355 g/mol. The van der Waals surface area contributed by atoms with Crippen LogP contribution in [0.15, 0.2) is 42.7 Å². The molecular formula is C20H25N3O3. The third-order valence-electron chi connectivity index (χ3n) is 5.41. The van der Waals surface area contributed by atoms with E-state index in [1.807, 2.05) is 41.2 Å². The van der Waals surface area contributed by atoms with Gasteiger partial charge in [-0.1, -0.05) is 30.3 Å². The van der Waals surface area contributed by atoms with Crippen LogP contribution >= 0.6 is 0 Å². The molecule has 0 spiro atoms. The first-order chi connectivity index (χ1) is 12.8. The molecule has 1 N–H and O–H groups in total. The summed E-state index contributed by atoms with van der Waals surface area (Å²) >= 11 is 0. The molecule has 0 radical (unpaired) electrons. The highest BCUT2D eigenvalue weighted by molar-refractivity contribution is 5.99. The number of hydrogen-bond donors (Lipinski definition) is 1. The summed E-state index contributed by atoms with van der Waals surface area (Å²) < 4.78 is 13.0. The maximum absolute atomic E-state index is 13.2. The van der Waals surface area contributed by atoms with Crippen LogP contribution in [0.5, 0.6) is 0 Å². The first kappa shape index (κ1) is 17.2. The van der Waals surface area contributed by atoms with Crippen LogP contribution in [-0.4, -0.2) is 41.6 Å². The second-order valence-electron chi connectivity index (χ2n) is 7.10. The molecule has 3 heterocycles. The van der Waals surface area contributed by atoms with Crippen molar-refractivity contribution < 1.29 is 14.3 Å². The van der Waals surface area contributed by atoms with Gasteiger partial charge >= 0.3 is 0 Å². The van der Waals surface area contributed by atoms with Crippen LogP contribution in [-0.2, 0) is 26.2 Å². The van der Waals surface area contributed by atoms with Gasteiger partial charge in [0.2, 0.25) is 5.91 Å². The number of amides is 1. The number of rotatable bonds is 5. The summed E-state index contributed by atoms with van der Waals surface area (Å²) in [5, 5.41) is 7.45. The Balaban J connectivity index is 1.49. The topological polar surface area (TPSA) is 65.4 Å². The molecule has 26 heavy (non-hydrogen) atoms. The lowest BCUT2D eigenvalue weighted by Gasteiger charge is -2.36. The molecule has 6 heteroatoms. The summed E-state index contributed by atoms with van der Waals surface area (Å²) in [6.07, 6.45) is 7.38. The Labute approximate surface area is 153 Å². The van der Waals surface area contributed by atoms with E-state index >= 15 is 0 Å². The predicted molar refractivity (Wildman–Crippen MR) is 98.0 cm³/mol. The van der Waals surface area contributed by atoms with Crippen LogP contribution in [0.25, 0.3) is 0 Å². The van der Waals surface area contributed by atoms with Crippen molar-refractivity contribution in [3.63, 3.8) is 0 Å². The van der Waals surface area contributed by atoms with Gasteiger partial charge < -0.3 is 14.8 Å². The number of aromatic nitrogens is 2. The molecule has 138 valence electrons. The van der Waals surface area contributed by atoms with Crippen molar-refractivity contribution in [2.75, 3.05) is 25.1 Å². The highest BCUT2D eigenvalue weighted by atomic mass is 16.5. The number of nitrogens with zero attached hydrogens (tertiary/aromatic N) is 2. The molecule has 0 aliphatic carbocycles.